The van der Waals surface area contributed by atoms with Gasteiger partial charge in [0.15, 0.2) is 0 Å². The summed E-state index contributed by atoms with van der Waals surface area (Å²) in [6, 6.07) is 7.44. The standard InChI is InChI=1S/C27H43N3O/c1-4-13-28-14-16-29(17-15-28)26-6-5-24(30-19-21(2)31-22(3)20-30)18-25(26)23-7-9-27(10-8-23)11-12-27/h5-6,18,21-23H,4,7-17,19-20H2,1-3H3/t21-,22+. The van der Waals surface area contributed by atoms with Crippen LogP contribution in [0.1, 0.15) is 77.2 Å². The first-order valence-electron chi connectivity index (χ1n) is 13.1. The van der Waals surface area contributed by atoms with E-state index >= 15 is 0 Å². The number of benzene rings is 1. The summed E-state index contributed by atoms with van der Waals surface area (Å²) in [4.78, 5) is 7.90. The third kappa shape index (κ3) is 4.75. The van der Waals surface area contributed by atoms with Gasteiger partial charge >= 0.3 is 0 Å². The Balaban J connectivity index is 1.38. The van der Waals surface area contributed by atoms with Crippen LogP contribution in [0.5, 0.6) is 0 Å². The molecule has 1 spiro atoms. The molecule has 2 aliphatic carbocycles. The lowest BCUT2D eigenvalue weighted by molar-refractivity contribution is -0.00522. The quantitative estimate of drug-likeness (QED) is 0.640. The molecule has 2 saturated heterocycles. The topological polar surface area (TPSA) is 19.0 Å². The zero-order chi connectivity index (χ0) is 21.4. The summed E-state index contributed by atoms with van der Waals surface area (Å²) in [5.41, 5.74) is 5.35. The third-order valence-corrected chi connectivity index (χ3v) is 8.49. The molecule has 0 bridgehead atoms. The second-order valence-electron chi connectivity index (χ2n) is 11.0. The van der Waals surface area contributed by atoms with E-state index in [1.807, 2.05) is 0 Å². The van der Waals surface area contributed by atoms with Gasteiger partial charge in [0.2, 0.25) is 0 Å². The van der Waals surface area contributed by atoms with Crippen molar-refractivity contribution in [2.75, 3.05) is 55.6 Å². The first kappa shape index (κ1) is 21.6. The summed E-state index contributed by atoms with van der Waals surface area (Å²) in [7, 11) is 0. The van der Waals surface area contributed by atoms with E-state index in [-0.39, 0.29) is 0 Å². The fourth-order valence-corrected chi connectivity index (χ4v) is 6.49. The van der Waals surface area contributed by atoms with Crippen molar-refractivity contribution in [3.63, 3.8) is 0 Å². The summed E-state index contributed by atoms with van der Waals surface area (Å²) < 4.78 is 6.01. The Hall–Kier alpha value is -1.26. The van der Waals surface area contributed by atoms with Gasteiger partial charge in [0.25, 0.3) is 0 Å². The number of hydrogen-bond donors (Lipinski definition) is 0. The number of piperazine rings is 1. The van der Waals surface area contributed by atoms with Crippen molar-refractivity contribution in [2.24, 2.45) is 5.41 Å². The normalized spacial score (nSPS) is 29.5. The Morgan fingerprint density at radius 3 is 2.19 bits per heavy atom. The lowest BCUT2D eigenvalue weighted by atomic mass is 9.76. The molecule has 4 aliphatic rings. The van der Waals surface area contributed by atoms with Crippen LogP contribution in [0.3, 0.4) is 0 Å². The highest BCUT2D eigenvalue weighted by Gasteiger charge is 2.45. The maximum Gasteiger partial charge on any atom is 0.0726 e. The molecule has 2 heterocycles. The molecule has 0 unspecified atom stereocenters. The highest BCUT2D eigenvalue weighted by atomic mass is 16.5. The van der Waals surface area contributed by atoms with Crippen molar-refractivity contribution in [2.45, 2.75) is 83.8 Å². The lowest BCUT2D eigenvalue weighted by Gasteiger charge is -2.40. The number of rotatable bonds is 5. The molecule has 31 heavy (non-hydrogen) atoms. The number of ether oxygens (including phenoxy) is 1. The predicted molar refractivity (Wildman–Crippen MR) is 130 cm³/mol. The first-order valence-corrected chi connectivity index (χ1v) is 13.1. The van der Waals surface area contributed by atoms with Gasteiger partial charge in [-0.05, 0) is 100 Å². The van der Waals surface area contributed by atoms with E-state index in [1.54, 1.807) is 5.56 Å². The van der Waals surface area contributed by atoms with Gasteiger partial charge in [0.05, 0.1) is 12.2 Å². The molecule has 5 rings (SSSR count). The van der Waals surface area contributed by atoms with Crippen molar-refractivity contribution < 1.29 is 4.74 Å². The maximum atomic E-state index is 6.01. The van der Waals surface area contributed by atoms with Crippen LogP contribution in [0.4, 0.5) is 11.4 Å². The summed E-state index contributed by atoms with van der Waals surface area (Å²) >= 11 is 0. The van der Waals surface area contributed by atoms with E-state index in [0.717, 1.165) is 24.4 Å². The van der Waals surface area contributed by atoms with Gasteiger partial charge in [-0.25, -0.2) is 0 Å². The molecule has 4 heteroatoms. The van der Waals surface area contributed by atoms with Crippen molar-refractivity contribution in [1.29, 1.82) is 0 Å². The molecule has 2 saturated carbocycles. The molecule has 1 aromatic carbocycles. The average Bonchev–Trinajstić information content (AvgIpc) is 3.53. The van der Waals surface area contributed by atoms with E-state index in [4.69, 9.17) is 4.74 Å². The van der Waals surface area contributed by atoms with Crippen molar-refractivity contribution in [3.8, 4) is 0 Å². The predicted octanol–water partition coefficient (Wildman–Crippen LogP) is 5.27. The number of nitrogens with zero attached hydrogens (tertiary/aromatic N) is 3. The average molecular weight is 426 g/mol. The molecule has 0 aromatic heterocycles. The minimum absolute atomic E-state index is 0.308. The summed E-state index contributed by atoms with van der Waals surface area (Å²) in [6.45, 7) is 14.8. The fraction of sp³-hybridized carbons (Fsp3) is 0.778. The lowest BCUT2D eigenvalue weighted by Crippen LogP contribution is -2.47. The molecule has 4 nitrogen and oxygen atoms in total. The molecule has 0 amide bonds. The van der Waals surface area contributed by atoms with Crippen LogP contribution in [0.2, 0.25) is 0 Å². The van der Waals surface area contributed by atoms with Gasteiger partial charge in [-0.15, -0.1) is 0 Å². The van der Waals surface area contributed by atoms with Crippen LogP contribution >= 0.6 is 0 Å². The Bertz CT molecular complexity index is 733. The monoisotopic (exact) mass is 425 g/mol. The molecule has 2 aliphatic heterocycles. The zero-order valence-electron chi connectivity index (χ0n) is 20.1. The minimum atomic E-state index is 0.308. The van der Waals surface area contributed by atoms with Gasteiger partial charge in [-0.1, -0.05) is 6.92 Å². The Labute approximate surface area is 189 Å². The van der Waals surface area contributed by atoms with Crippen molar-refractivity contribution in [1.82, 2.24) is 4.90 Å². The number of anilines is 2. The van der Waals surface area contributed by atoms with Crippen LogP contribution in [0.25, 0.3) is 0 Å². The highest BCUT2D eigenvalue weighted by Crippen LogP contribution is 2.59. The van der Waals surface area contributed by atoms with Crippen LogP contribution < -0.4 is 9.80 Å². The largest absolute Gasteiger partial charge is 0.372 e. The number of morpholine rings is 1. The molecule has 0 radical (unpaired) electrons. The van der Waals surface area contributed by atoms with E-state index in [9.17, 15) is 0 Å². The third-order valence-electron chi connectivity index (χ3n) is 8.49. The summed E-state index contributed by atoms with van der Waals surface area (Å²) in [5, 5.41) is 0. The first-order chi connectivity index (χ1) is 15.0. The summed E-state index contributed by atoms with van der Waals surface area (Å²) in [6.07, 6.45) is 10.6. The van der Waals surface area contributed by atoms with Crippen LogP contribution in [0.15, 0.2) is 18.2 Å². The highest BCUT2D eigenvalue weighted by molar-refractivity contribution is 5.64. The van der Waals surface area contributed by atoms with Crippen LogP contribution in [-0.2, 0) is 4.74 Å². The second-order valence-corrected chi connectivity index (χ2v) is 11.0. The van der Waals surface area contributed by atoms with Crippen LogP contribution in [0, 0.1) is 5.41 Å². The molecule has 4 fully saturated rings. The van der Waals surface area contributed by atoms with Crippen molar-refractivity contribution >= 4 is 11.4 Å². The van der Waals surface area contributed by atoms with E-state index in [2.05, 4.69) is 53.7 Å². The summed E-state index contributed by atoms with van der Waals surface area (Å²) in [5.74, 6) is 0.741. The molecular formula is C27H43N3O. The molecule has 1 aromatic rings. The van der Waals surface area contributed by atoms with Gasteiger partial charge in [0.1, 0.15) is 0 Å². The Kier molecular flexibility index (Phi) is 6.22. The second kappa shape index (κ2) is 8.94. The Morgan fingerprint density at radius 2 is 1.58 bits per heavy atom. The molecular weight excluding hydrogens is 382 g/mol. The Morgan fingerprint density at radius 1 is 0.903 bits per heavy atom. The van der Waals surface area contributed by atoms with Gasteiger partial charge in [-0.2, -0.15) is 0 Å². The van der Waals surface area contributed by atoms with E-state index < -0.39 is 0 Å². The van der Waals surface area contributed by atoms with Crippen LogP contribution in [-0.4, -0.2) is 62.9 Å². The van der Waals surface area contributed by atoms with E-state index in [0.29, 0.717) is 12.2 Å². The number of hydrogen-bond acceptors (Lipinski definition) is 4. The maximum absolute atomic E-state index is 6.01. The van der Waals surface area contributed by atoms with E-state index in [1.165, 1.54) is 89.0 Å². The molecule has 0 N–H and O–H groups in total. The smallest absolute Gasteiger partial charge is 0.0726 e. The van der Waals surface area contributed by atoms with Gasteiger partial charge in [0, 0.05) is 50.6 Å². The van der Waals surface area contributed by atoms with Gasteiger partial charge < -0.3 is 14.5 Å². The van der Waals surface area contributed by atoms with Gasteiger partial charge in [-0.3, -0.25) is 4.90 Å². The molecule has 2 atom stereocenters. The minimum Gasteiger partial charge on any atom is -0.372 e. The van der Waals surface area contributed by atoms with Crippen molar-refractivity contribution in [3.05, 3.63) is 23.8 Å². The SMILES string of the molecule is CCCN1CCN(c2ccc(N3C[C@@H](C)O[C@@H](C)C3)cc2C2CCC3(CC2)CC3)CC1. The fourth-order valence-electron chi connectivity index (χ4n) is 6.49. The molecule has 172 valence electrons. The zero-order valence-corrected chi connectivity index (χ0v) is 20.1.